The van der Waals surface area contributed by atoms with Crippen molar-refractivity contribution in [2.75, 3.05) is 13.1 Å². The predicted octanol–water partition coefficient (Wildman–Crippen LogP) is 2.81. The zero-order chi connectivity index (χ0) is 18.4. The van der Waals surface area contributed by atoms with Crippen LogP contribution >= 0.6 is 35.3 Å². The SMILES string of the molecule is O=C(CCCN1C(=O)C(=Cc2cccs2)SC1=S)NCCc1cnc[nH]1. The number of hydrogen-bond donors (Lipinski definition) is 2. The molecule has 0 radical (unpaired) electrons. The van der Waals surface area contributed by atoms with Gasteiger partial charge in [-0.1, -0.05) is 30.0 Å². The lowest BCUT2D eigenvalue weighted by atomic mass is 10.2. The maximum atomic E-state index is 12.5. The van der Waals surface area contributed by atoms with Gasteiger partial charge in [0, 0.05) is 42.7 Å². The van der Waals surface area contributed by atoms with Crippen molar-refractivity contribution >= 4 is 57.5 Å². The number of aromatic amines is 1. The predicted molar refractivity (Wildman–Crippen MR) is 109 cm³/mol. The second-order valence-corrected chi connectivity index (χ2v) is 8.28. The van der Waals surface area contributed by atoms with Crippen LogP contribution in [0.5, 0.6) is 0 Å². The molecule has 0 spiro atoms. The normalized spacial score (nSPS) is 15.8. The van der Waals surface area contributed by atoms with Crippen LogP contribution < -0.4 is 5.32 Å². The summed E-state index contributed by atoms with van der Waals surface area (Å²) in [4.78, 5) is 34.5. The molecule has 0 aromatic carbocycles. The second-order valence-electron chi connectivity index (χ2n) is 5.63. The van der Waals surface area contributed by atoms with Crippen LogP contribution in [0.1, 0.15) is 23.4 Å². The topological polar surface area (TPSA) is 78.1 Å². The number of nitrogens with one attached hydrogen (secondary N) is 2. The van der Waals surface area contributed by atoms with Gasteiger partial charge in [0.2, 0.25) is 5.91 Å². The zero-order valence-electron chi connectivity index (χ0n) is 13.9. The lowest BCUT2D eigenvalue weighted by Crippen LogP contribution is -2.31. The minimum Gasteiger partial charge on any atom is -0.356 e. The fraction of sp³-hybridized carbons (Fsp3) is 0.294. The van der Waals surface area contributed by atoms with Crippen LogP contribution in [0.25, 0.3) is 6.08 Å². The van der Waals surface area contributed by atoms with Crippen LogP contribution in [0.4, 0.5) is 0 Å². The van der Waals surface area contributed by atoms with E-state index in [2.05, 4.69) is 15.3 Å². The van der Waals surface area contributed by atoms with Crippen molar-refractivity contribution in [1.82, 2.24) is 20.2 Å². The molecule has 0 bridgehead atoms. The van der Waals surface area contributed by atoms with Gasteiger partial charge in [-0.25, -0.2) is 4.98 Å². The molecule has 0 atom stereocenters. The number of aromatic nitrogens is 2. The first-order chi connectivity index (χ1) is 12.6. The highest BCUT2D eigenvalue weighted by Crippen LogP contribution is 2.33. The molecule has 2 N–H and O–H groups in total. The number of nitrogens with zero attached hydrogens (tertiary/aromatic N) is 2. The number of thioether (sulfide) groups is 1. The molecule has 0 aliphatic carbocycles. The van der Waals surface area contributed by atoms with E-state index in [0.717, 1.165) is 10.6 Å². The molecule has 2 amide bonds. The molecular weight excluding hydrogens is 388 g/mol. The Morgan fingerprint density at radius 2 is 2.35 bits per heavy atom. The molecular formula is C17H18N4O2S3. The molecule has 2 aromatic heterocycles. The van der Waals surface area contributed by atoms with Crippen molar-refractivity contribution in [2.45, 2.75) is 19.3 Å². The number of carbonyl (C=O) groups excluding carboxylic acids is 2. The molecule has 0 unspecified atom stereocenters. The monoisotopic (exact) mass is 406 g/mol. The summed E-state index contributed by atoms with van der Waals surface area (Å²) in [6, 6.07) is 3.91. The van der Waals surface area contributed by atoms with Crippen LogP contribution in [0.15, 0.2) is 34.9 Å². The van der Waals surface area contributed by atoms with Crippen molar-refractivity contribution in [3.63, 3.8) is 0 Å². The van der Waals surface area contributed by atoms with Crippen molar-refractivity contribution in [2.24, 2.45) is 0 Å². The van der Waals surface area contributed by atoms with E-state index in [9.17, 15) is 9.59 Å². The van der Waals surface area contributed by atoms with Gasteiger partial charge in [0.05, 0.1) is 11.2 Å². The third-order valence-corrected chi connectivity index (χ3v) is 5.94. The highest BCUT2D eigenvalue weighted by Gasteiger charge is 2.31. The number of amides is 2. The molecule has 6 nitrogen and oxygen atoms in total. The van der Waals surface area contributed by atoms with Crippen LogP contribution in [0, 0.1) is 0 Å². The summed E-state index contributed by atoms with van der Waals surface area (Å²) in [6.45, 7) is 1.02. The molecule has 3 rings (SSSR count). The number of H-pyrrole nitrogens is 1. The Balaban J connectivity index is 1.40. The highest BCUT2D eigenvalue weighted by molar-refractivity contribution is 8.26. The van der Waals surface area contributed by atoms with Crippen LogP contribution in [-0.2, 0) is 16.0 Å². The van der Waals surface area contributed by atoms with Gasteiger partial charge in [0.25, 0.3) is 5.91 Å². The quantitative estimate of drug-likeness (QED) is 0.521. The molecule has 3 heterocycles. The van der Waals surface area contributed by atoms with Gasteiger partial charge in [-0.05, 0) is 23.9 Å². The van der Waals surface area contributed by atoms with Crippen molar-refractivity contribution in [3.8, 4) is 0 Å². The first-order valence-electron chi connectivity index (χ1n) is 8.16. The maximum absolute atomic E-state index is 12.5. The van der Waals surface area contributed by atoms with Crippen molar-refractivity contribution in [1.29, 1.82) is 0 Å². The maximum Gasteiger partial charge on any atom is 0.266 e. The van der Waals surface area contributed by atoms with Crippen LogP contribution in [0.2, 0.25) is 0 Å². The highest BCUT2D eigenvalue weighted by atomic mass is 32.2. The van der Waals surface area contributed by atoms with Crippen molar-refractivity contribution < 1.29 is 9.59 Å². The van der Waals surface area contributed by atoms with Gasteiger partial charge in [-0.3, -0.25) is 14.5 Å². The van der Waals surface area contributed by atoms with Gasteiger partial charge >= 0.3 is 0 Å². The molecule has 1 aliphatic rings. The fourth-order valence-corrected chi connectivity index (χ4v) is 4.47. The molecule has 1 aliphatic heterocycles. The zero-order valence-corrected chi connectivity index (χ0v) is 16.4. The Kier molecular flexibility index (Phi) is 6.59. The van der Waals surface area contributed by atoms with E-state index in [1.165, 1.54) is 11.8 Å². The Bertz CT molecular complexity index is 800. The number of hydrogen-bond acceptors (Lipinski definition) is 6. The third-order valence-electron chi connectivity index (χ3n) is 3.75. The van der Waals surface area contributed by atoms with E-state index in [1.54, 1.807) is 28.8 Å². The van der Waals surface area contributed by atoms with Crippen molar-refractivity contribution in [3.05, 3.63) is 45.5 Å². The summed E-state index contributed by atoms with van der Waals surface area (Å²) in [7, 11) is 0. The molecule has 1 fully saturated rings. The first-order valence-corrected chi connectivity index (χ1v) is 10.3. The van der Waals surface area contributed by atoms with E-state index >= 15 is 0 Å². The lowest BCUT2D eigenvalue weighted by Gasteiger charge is -2.14. The summed E-state index contributed by atoms with van der Waals surface area (Å²) in [6.07, 6.45) is 6.88. The summed E-state index contributed by atoms with van der Waals surface area (Å²) < 4.78 is 0.553. The van der Waals surface area contributed by atoms with Crippen LogP contribution in [0.3, 0.4) is 0 Å². The average Bonchev–Trinajstić information content (AvgIpc) is 3.35. The van der Waals surface area contributed by atoms with Crippen LogP contribution in [-0.4, -0.2) is 44.1 Å². The summed E-state index contributed by atoms with van der Waals surface area (Å²) in [5.74, 6) is -0.0999. The molecule has 2 aromatic rings. The molecule has 9 heteroatoms. The van der Waals surface area contributed by atoms with E-state index in [4.69, 9.17) is 12.2 Å². The average molecular weight is 407 g/mol. The standard InChI is InChI=1S/C17H18N4O2S3/c22-15(19-6-5-12-10-18-11-20-12)4-1-7-21-16(23)14(26-17(21)24)9-13-3-2-8-25-13/h2-3,8-11H,1,4-7H2,(H,18,20)(H,19,22). The first kappa shape index (κ1) is 18.8. The summed E-state index contributed by atoms with van der Waals surface area (Å²) >= 11 is 8.20. The van der Waals surface area contributed by atoms with E-state index in [-0.39, 0.29) is 11.8 Å². The number of carbonyl (C=O) groups is 2. The number of imidazole rings is 1. The minimum absolute atomic E-state index is 0.0240. The van der Waals surface area contributed by atoms with Gasteiger partial charge < -0.3 is 10.3 Å². The minimum atomic E-state index is -0.0759. The largest absolute Gasteiger partial charge is 0.356 e. The Hall–Kier alpha value is -1.97. The smallest absolute Gasteiger partial charge is 0.266 e. The van der Waals surface area contributed by atoms with E-state index in [1.807, 2.05) is 23.6 Å². The molecule has 1 saturated heterocycles. The number of thiophene rings is 1. The molecule has 0 saturated carbocycles. The number of rotatable bonds is 8. The van der Waals surface area contributed by atoms with Gasteiger partial charge in [0.1, 0.15) is 4.32 Å². The molecule has 136 valence electrons. The van der Waals surface area contributed by atoms with Gasteiger partial charge in [-0.2, -0.15) is 0 Å². The third kappa shape index (κ3) is 5.03. The van der Waals surface area contributed by atoms with E-state index < -0.39 is 0 Å². The lowest BCUT2D eigenvalue weighted by molar-refractivity contribution is -0.123. The Morgan fingerprint density at radius 1 is 1.46 bits per heavy atom. The Labute approximate surface area is 165 Å². The summed E-state index contributed by atoms with van der Waals surface area (Å²) in [5, 5.41) is 4.84. The van der Waals surface area contributed by atoms with Gasteiger partial charge in [0.15, 0.2) is 0 Å². The van der Waals surface area contributed by atoms with Gasteiger partial charge in [-0.15, -0.1) is 11.3 Å². The second kappa shape index (κ2) is 9.11. The number of thiocarbonyl (C=S) groups is 1. The molecule has 26 heavy (non-hydrogen) atoms. The fourth-order valence-electron chi connectivity index (χ4n) is 2.44. The van der Waals surface area contributed by atoms with E-state index in [0.29, 0.717) is 41.6 Å². The Morgan fingerprint density at radius 3 is 3.08 bits per heavy atom. The summed E-state index contributed by atoms with van der Waals surface area (Å²) in [5.41, 5.74) is 0.986.